The van der Waals surface area contributed by atoms with Crippen LogP contribution in [0, 0.1) is 6.92 Å². The molecule has 0 saturated heterocycles. The highest BCUT2D eigenvalue weighted by Crippen LogP contribution is 2.29. The summed E-state index contributed by atoms with van der Waals surface area (Å²) in [7, 11) is 0. The molecule has 0 atom stereocenters. The van der Waals surface area contributed by atoms with Gasteiger partial charge in [0.15, 0.2) is 5.82 Å². The zero-order valence-electron chi connectivity index (χ0n) is 10.7. The first-order valence-electron chi connectivity index (χ1n) is 5.88. The smallest absolute Gasteiger partial charge is 0.169 e. The summed E-state index contributed by atoms with van der Waals surface area (Å²) in [5.74, 6) is 0.811. The van der Waals surface area contributed by atoms with E-state index in [4.69, 9.17) is 0 Å². The zero-order valence-corrected chi connectivity index (χ0v) is 13.1. The van der Waals surface area contributed by atoms with Gasteiger partial charge in [-0.2, -0.15) is 0 Å². The van der Waals surface area contributed by atoms with Crippen LogP contribution in [0.2, 0.25) is 0 Å². The Morgan fingerprint density at radius 1 is 1.33 bits per heavy atom. The standard InChI is InChI=1S/C13H16BrN3S/c1-8(2)15-7-10-6-9(3)16-13(17-10)11-4-5-12(14)18-11/h4-6,8,15H,7H2,1-3H3. The van der Waals surface area contributed by atoms with Crippen molar-refractivity contribution in [3.05, 3.63) is 33.4 Å². The van der Waals surface area contributed by atoms with Gasteiger partial charge in [-0.05, 0) is 41.1 Å². The molecule has 0 aliphatic carbocycles. The summed E-state index contributed by atoms with van der Waals surface area (Å²) in [6.07, 6.45) is 0. The molecule has 0 bridgehead atoms. The number of halogens is 1. The second-order valence-corrected chi connectivity index (χ2v) is 6.93. The van der Waals surface area contributed by atoms with E-state index in [1.807, 2.05) is 25.1 Å². The van der Waals surface area contributed by atoms with Crippen molar-refractivity contribution in [3.8, 4) is 10.7 Å². The first-order valence-corrected chi connectivity index (χ1v) is 7.49. The number of nitrogens with zero attached hydrogens (tertiary/aromatic N) is 2. The summed E-state index contributed by atoms with van der Waals surface area (Å²) < 4.78 is 1.10. The summed E-state index contributed by atoms with van der Waals surface area (Å²) in [5, 5.41) is 3.38. The van der Waals surface area contributed by atoms with Crippen molar-refractivity contribution in [1.82, 2.24) is 15.3 Å². The molecule has 2 aromatic rings. The van der Waals surface area contributed by atoms with Crippen LogP contribution in [0.15, 0.2) is 22.0 Å². The van der Waals surface area contributed by atoms with Crippen molar-refractivity contribution >= 4 is 27.3 Å². The lowest BCUT2D eigenvalue weighted by Crippen LogP contribution is -2.22. The van der Waals surface area contributed by atoms with E-state index in [2.05, 4.69) is 45.1 Å². The van der Waals surface area contributed by atoms with Gasteiger partial charge in [-0.15, -0.1) is 11.3 Å². The van der Waals surface area contributed by atoms with E-state index in [1.165, 1.54) is 0 Å². The van der Waals surface area contributed by atoms with Gasteiger partial charge in [0.1, 0.15) is 0 Å². The third kappa shape index (κ3) is 3.60. The van der Waals surface area contributed by atoms with Crippen molar-refractivity contribution < 1.29 is 0 Å². The minimum Gasteiger partial charge on any atom is -0.309 e. The van der Waals surface area contributed by atoms with Crippen LogP contribution in [-0.4, -0.2) is 16.0 Å². The lowest BCUT2D eigenvalue weighted by atomic mass is 10.3. The normalized spacial score (nSPS) is 11.2. The van der Waals surface area contributed by atoms with E-state index in [0.29, 0.717) is 6.04 Å². The molecular formula is C13H16BrN3S. The Balaban J connectivity index is 2.26. The maximum atomic E-state index is 4.61. The topological polar surface area (TPSA) is 37.8 Å². The third-order valence-electron chi connectivity index (χ3n) is 2.39. The second kappa shape index (κ2) is 5.91. The first kappa shape index (κ1) is 13.6. The molecule has 0 aliphatic rings. The highest BCUT2D eigenvalue weighted by atomic mass is 79.9. The average molecular weight is 326 g/mol. The van der Waals surface area contributed by atoms with Crippen LogP contribution in [0.1, 0.15) is 25.2 Å². The molecule has 0 fully saturated rings. The van der Waals surface area contributed by atoms with E-state index in [0.717, 1.165) is 32.4 Å². The van der Waals surface area contributed by atoms with Crippen LogP contribution in [0.25, 0.3) is 10.7 Å². The molecule has 0 radical (unpaired) electrons. The first-order chi connectivity index (χ1) is 8.54. The van der Waals surface area contributed by atoms with Crippen LogP contribution in [0.4, 0.5) is 0 Å². The minimum absolute atomic E-state index is 0.458. The predicted molar refractivity (Wildman–Crippen MR) is 79.8 cm³/mol. The van der Waals surface area contributed by atoms with Crippen LogP contribution in [0.3, 0.4) is 0 Å². The Bertz CT molecular complexity index is 537. The molecule has 3 nitrogen and oxygen atoms in total. The average Bonchev–Trinajstić information content (AvgIpc) is 2.72. The van der Waals surface area contributed by atoms with Crippen molar-refractivity contribution in [1.29, 1.82) is 0 Å². The Morgan fingerprint density at radius 2 is 2.11 bits per heavy atom. The summed E-state index contributed by atoms with van der Waals surface area (Å²) in [5.41, 5.74) is 2.04. The van der Waals surface area contributed by atoms with Crippen molar-refractivity contribution in [3.63, 3.8) is 0 Å². The number of nitrogens with one attached hydrogen (secondary N) is 1. The van der Waals surface area contributed by atoms with Gasteiger partial charge in [0.25, 0.3) is 0 Å². The highest BCUT2D eigenvalue weighted by molar-refractivity contribution is 9.11. The number of hydrogen-bond acceptors (Lipinski definition) is 4. The maximum absolute atomic E-state index is 4.61. The molecule has 0 spiro atoms. The Kier molecular flexibility index (Phi) is 4.48. The number of hydrogen-bond donors (Lipinski definition) is 1. The summed E-state index contributed by atoms with van der Waals surface area (Å²) in [4.78, 5) is 10.2. The van der Waals surface area contributed by atoms with E-state index in [1.54, 1.807) is 11.3 Å². The van der Waals surface area contributed by atoms with Crippen molar-refractivity contribution in [2.24, 2.45) is 0 Å². The number of rotatable bonds is 4. The van der Waals surface area contributed by atoms with E-state index >= 15 is 0 Å². The monoisotopic (exact) mass is 325 g/mol. The predicted octanol–water partition coefficient (Wildman–Crippen LogP) is 3.77. The second-order valence-electron chi connectivity index (χ2n) is 4.46. The van der Waals surface area contributed by atoms with Crippen LogP contribution in [-0.2, 0) is 6.54 Å². The van der Waals surface area contributed by atoms with Gasteiger partial charge in [-0.3, -0.25) is 0 Å². The largest absolute Gasteiger partial charge is 0.309 e. The number of thiophene rings is 1. The van der Waals surface area contributed by atoms with Crippen LogP contribution < -0.4 is 5.32 Å². The molecular weight excluding hydrogens is 310 g/mol. The van der Waals surface area contributed by atoms with E-state index in [9.17, 15) is 0 Å². The Morgan fingerprint density at radius 3 is 2.72 bits per heavy atom. The van der Waals surface area contributed by atoms with Crippen molar-refractivity contribution in [2.75, 3.05) is 0 Å². The molecule has 1 N–H and O–H groups in total. The maximum Gasteiger partial charge on any atom is 0.169 e. The third-order valence-corrected chi connectivity index (χ3v) is 4.01. The van der Waals surface area contributed by atoms with Gasteiger partial charge >= 0.3 is 0 Å². The van der Waals surface area contributed by atoms with Gasteiger partial charge in [0, 0.05) is 18.3 Å². The molecule has 5 heteroatoms. The van der Waals surface area contributed by atoms with Gasteiger partial charge in [0.2, 0.25) is 0 Å². The minimum atomic E-state index is 0.458. The number of aromatic nitrogens is 2. The molecule has 18 heavy (non-hydrogen) atoms. The van der Waals surface area contributed by atoms with Gasteiger partial charge in [-0.1, -0.05) is 13.8 Å². The fourth-order valence-corrected chi connectivity index (χ4v) is 2.90. The van der Waals surface area contributed by atoms with E-state index in [-0.39, 0.29) is 0 Å². The molecule has 0 aliphatic heterocycles. The fraction of sp³-hybridized carbons (Fsp3) is 0.385. The van der Waals surface area contributed by atoms with Gasteiger partial charge < -0.3 is 5.32 Å². The molecule has 0 saturated carbocycles. The SMILES string of the molecule is Cc1cc(CNC(C)C)nc(-c2ccc(Br)s2)n1. The summed E-state index contributed by atoms with van der Waals surface area (Å²) >= 11 is 5.12. The highest BCUT2D eigenvalue weighted by Gasteiger charge is 2.07. The molecule has 96 valence electrons. The summed E-state index contributed by atoms with van der Waals surface area (Å²) in [6, 6.07) is 6.56. The van der Waals surface area contributed by atoms with Crippen LogP contribution >= 0.6 is 27.3 Å². The zero-order chi connectivity index (χ0) is 13.1. The lowest BCUT2D eigenvalue weighted by Gasteiger charge is -2.09. The van der Waals surface area contributed by atoms with Gasteiger partial charge in [0.05, 0.1) is 14.4 Å². The summed E-state index contributed by atoms with van der Waals surface area (Å²) in [6.45, 7) is 7.05. The Hall–Kier alpha value is -0.780. The molecule has 2 heterocycles. The Labute approximate surface area is 120 Å². The fourth-order valence-electron chi connectivity index (χ4n) is 1.58. The molecule has 0 amide bonds. The van der Waals surface area contributed by atoms with Crippen molar-refractivity contribution in [2.45, 2.75) is 33.4 Å². The lowest BCUT2D eigenvalue weighted by molar-refractivity contribution is 0.580. The number of aryl methyl sites for hydroxylation is 1. The van der Waals surface area contributed by atoms with Crippen LogP contribution in [0.5, 0.6) is 0 Å². The quantitative estimate of drug-likeness (QED) is 0.929. The molecule has 0 unspecified atom stereocenters. The van der Waals surface area contributed by atoms with Gasteiger partial charge in [-0.25, -0.2) is 9.97 Å². The molecule has 2 aromatic heterocycles. The molecule has 2 rings (SSSR count). The van der Waals surface area contributed by atoms with E-state index < -0.39 is 0 Å². The molecule has 0 aromatic carbocycles.